The Kier molecular flexibility index (Phi) is 5.17. The Balaban J connectivity index is 1.43. The van der Waals surface area contributed by atoms with Gasteiger partial charge in [-0.15, -0.1) is 22.7 Å². The maximum absolute atomic E-state index is 13.1. The number of benzene rings is 2. The Hall–Kier alpha value is -2.88. The Morgan fingerprint density at radius 1 is 1.19 bits per heavy atom. The van der Waals surface area contributed by atoms with Crippen molar-refractivity contribution >= 4 is 70.6 Å². The number of thiophene rings is 1. The quantitative estimate of drug-likeness (QED) is 0.349. The van der Waals surface area contributed by atoms with Gasteiger partial charge < -0.3 is 5.32 Å². The van der Waals surface area contributed by atoms with Crippen LogP contribution in [0.2, 0.25) is 0 Å². The Morgan fingerprint density at radius 3 is 2.81 bits per heavy atom. The lowest BCUT2D eigenvalue weighted by molar-refractivity contribution is -0.116. The van der Waals surface area contributed by atoms with Crippen LogP contribution in [0.3, 0.4) is 0 Å². The molecule has 154 valence electrons. The molecular weight excluding hydrogens is 496 g/mol. The molecule has 0 spiro atoms. The van der Waals surface area contributed by atoms with E-state index in [2.05, 4.69) is 31.2 Å². The van der Waals surface area contributed by atoms with Gasteiger partial charge >= 0.3 is 0 Å². The van der Waals surface area contributed by atoms with E-state index in [1.165, 1.54) is 22.2 Å². The SMILES string of the molecule is Cc1nc2ccc(NC(=O)Cn3cnc4scc(-c5ccc(Br)cc5)c4c3=O)cc2s1. The van der Waals surface area contributed by atoms with E-state index in [0.717, 1.165) is 30.8 Å². The number of nitrogens with one attached hydrogen (secondary N) is 1. The highest BCUT2D eigenvalue weighted by molar-refractivity contribution is 9.10. The molecule has 9 heteroatoms. The standard InChI is InChI=1S/C22H15BrN4O2S2/c1-12-25-17-7-6-15(8-18(17)31-12)26-19(28)9-27-11-24-21-20(22(27)29)16(10-30-21)13-2-4-14(23)5-3-13/h2-8,10-11H,9H2,1H3,(H,26,28). The summed E-state index contributed by atoms with van der Waals surface area (Å²) >= 11 is 6.42. The second-order valence-corrected chi connectivity index (χ2v) is 9.99. The summed E-state index contributed by atoms with van der Waals surface area (Å²) in [7, 11) is 0. The zero-order valence-corrected chi connectivity index (χ0v) is 19.5. The average Bonchev–Trinajstić information content (AvgIpc) is 3.33. The summed E-state index contributed by atoms with van der Waals surface area (Å²) in [5.41, 5.74) is 3.11. The van der Waals surface area contributed by atoms with E-state index in [-0.39, 0.29) is 18.0 Å². The summed E-state index contributed by atoms with van der Waals surface area (Å²) < 4.78 is 3.32. The van der Waals surface area contributed by atoms with Crippen molar-refractivity contribution in [1.29, 1.82) is 0 Å². The fourth-order valence-electron chi connectivity index (χ4n) is 3.39. The van der Waals surface area contributed by atoms with E-state index < -0.39 is 0 Å². The molecule has 1 amide bonds. The summed E-state index contributed by atoms with van der Waals surface area (Å²) in [5, 5.41) is 6.30. The van der Waals surface area contributed by atoms with Crippen LogP contribution in [0.25, 0.3) is 31.6 Å². The van der Waals surface area contributed by atoms with E-state index in [0.29, 0.717) is 15.9 Å². The Labute approximate surface area is 193 Å². The maximum Gasteiger partial charge on any atom is 0.263 e. The molecule has 5 aromatic rings. The number of hydrogen-bond donors (Lipinski definition) is 1. The van der Waals surface area contributed by atoms with Crippen molar-refractivity contribution in [1.82, 2.24) is 14.5 Å². The third-order valence-corrected chi connectivity index (χ3v) is 7.16. The number of anilines is 1. The molecule has 0 aliphatic heterocycles. The minimum Gasteiger partial charge on any atom is -0.324 e. The zero-order valence-electron chi connectivity index (χ0n) is 16.3. The van der Waals surface area contributed by atoms with E-state index in [1.807, 2.05) is 54.8 Å². The first kappa shape index (κ1) is 20.0. The van der Waals surface area contributed by atoms with Crippen molar-refractivity contribution < 1.29 is 4.79 Å². The van der Waals surface area contributed by atoms with Gasteiger partial charge in [-0.3, -0.25) is 14.2 Å². The zero-order chi connectivity index (χ0) is 21.5. The highest BCUT2D eigenvalue weighted by atomic mass is 79.9. The van der Waals surface area contributed by atoms with Gasteiger partial charge in [0.25, 0.3) is 5.56 Å². The van der Waals surface area contributed by atoms with Gasteiger partial charge in [-0.1, -0.05) is 28.1 Å². The lowest BCUT2D eigenvalue weighted by Crippen LogP contribution is -2.27. The van der Waals surface area contributed by atoms with Gasteiger partial charge in [0.05, 0.1) is 26.9 Å². The lowest BCUT2D eigenvalue weighted by Gasteiger charge is -2.08. The van der Waals surface area contributed by atoms with E-state index in [9.17, 15) is 9.59 Å². The van der Waals surface area contributed by atoms with Crippen molar-refractivity contribution in [3.05, 3.63) is 74.0 Å². The normalized spacial score (nSPS) is 11.3. The monoisotopic (exact) mass is 510 g/mol. The van der Waals surface area contributed by atoms with Gasteiger partial charge in [-0.2, -0.15) is 0 Å². The van der Waals surface area contributed by atoms with E-state index in [4.69, 9.17) is 0 Å². The summed E-state index contributed by atoms with van der Waals surface area (Å²) in [4.78, 5) is 35.3. The number of carbonyl (C=O) groups is 1. The predicted octanol–water partition coefficient (Wildman–Crippen LogP) is 5.44. The van der Waals surface area contributed by atoms with Gasteiger partial charge in [-0.25, -0.2) is 9.97 Å². The molecule has 0 saturated heterocycles. The number of hydrogen-bond acceptors (Lipinski definition) is 6. The number of rotatable bonds is 4. The third-order valence-electron chi connectivity index (χ3n) is 4.81. The smallest absolute Gasteiger partial charge is 0.263 e. The van der Waals surface area contributed by atoms with E-state index in [1.54, 1.807) is 11.3 Å². The van der Waals surface area contributed by atoms with Crippen LogP contribution < -0.4 is 10.9 Å². The van der Waals surface area contributed by atoms with Crippen LogP contribution in [-0.2, 0) is 11.3 Å². The molecular formula is C22H15BrN4O2S2. The molecule has 3 heterocycles. The van der Waals surface area contributed by atoms with Crippen LogP contribution in [0.5, 0.6) is 0 Å². The van der Waals surface area contributed by atoms with Crippen LogP contribution in [-0.4, -0.2) is 20.4 Å². The number of fused-ring (bicyclic) bond motifs is 2. The van der Waals surface area contributed by atoms with Crippen molar-refractivity contribution in [2.45, 2.75) is 13.5 Å². The average molecular weight is 511 g/mol. The molecule has 1 N–H and O–H groups in total. The first-order valence-corrected chi connectivity index (χ1v) is 11.9. The maximum atomic E-state index is 13.1. The number of amides is 1. The number of thiazole rings is 1. The Bertz CT molecular complexity index is 1500. The molecule has 0 bridgehead atoms. The number of aryl methyl sites for hydroxylation is 1. The first-order valence-electron chi connectivity index (χ1n) is 9.37. The van der Waals surface area contributed by atoms with E-state index >= 15 is 0 Å². The number of nitrogens with zero attached hydrogens (tertiary/aromatic N) is 3. The Morgan fingerprint density at radius 2 is 2.00 bits per heavy atom. The van der Waals surface area contributed by atoms with Crippen LogP contribution in [0, 0.1) is 6.92 Å². The molecule has 0 atom stereocenters. The molecule has 0 aliphatic carbocycles. The highest BCUT2D eigenvalue weighted by Crippen LogP contribution is 2.31. The molecule has 0 fully saturated rings. The van der Waals surface area contributed by atoms with Gasteiger partial charge in [-0.05, 0) is 42.8 Å². The number of aromatic nitrogens is 3. The van der Waals surface area contributed by atoms with Gasteiger partial charge in [0.1, 0.15) is 11.4 Å². The minimum atomic E-state index is -0.288. The molecule has 0 aliphatic rings. The summed E-state index contributed by atoms with van der Waals surface area (Å²) in [5.74, 6) is -0.288. The van der Waals surface area contributed by atoms with Crippen molar-refractivity contribution in [2.24, 2.45) is 0 Å². The van der Waals surface area contributed by atoms with Crippen LogP contribution in [0.4, 0.5) is 5.69 Å². The molecule has 6 nitrogen and oxygen atoms in total. The predicted molar refractivity (Wildman–Crippen MR) is 130 cm³/mol. The molecule has 0 radical (unpaired) electrons. The molecule has 3 aromatic heterocycles. The summed E-state index contributed by atoms with van der Waals surface area (Å²) in [6, 6.07) is 13.4. The second-order valence-electron chi connectivity index (χ2n) is 6.98. The first-order chi connectivity index (χ1) is 15.0. The fourth-order valence-corrected chi connectivity index (χ4v) is 5.43. The lowest BCUT2D eigenvalue weighted by atomic mass is 10.1. The van der Waals surface area contributed by atoms with Crippen molar-refractivity contribution in [3.8, 4) is 11.1 Å². The van der Waals surface area contributed by atoms with Gasteiger partial charge in [0.2, 0.25) is 5.91 Å². The number of halogens is 1. The third kappa shape index (κ3) is 3.91. The summed E-state index contributed by atoms with van der Waals surface area (Å²) in [6.45, 7) is 1.84. The van der Waals surface area contributed by atoms with Gasteiger partial charge in [0.15, 0.2) is 0 Å². The second kappa shape index (κ2) is 7.99. The molecule has 2 aromatic carbocycles. The topological polar surface area (TPSA) is 76.9 Å². The van der Waals surface area contributed by atoms with Crippen molar-refractivity contribution in [2.75, 3.05) is 5.32 Å². The van der Waals surface area contributed by atoms with Crippen LogP contribution in [0.1, 0.15) is 5.01 Å². The minimum absolute atomic E-state index is 0.114. The molecule has 31 heavy (non-hydrogen) atoms. The largest absolute Gasteiger partial charge is 0.324 e. The summed E-state index contributed by atoms with van der Waals surface area (Å²) in [6.07, 6.45) is 1.43. The van der Waals surface area contributed by atoms with Gasteiger partial charge in [0, 0.05) is 21.1 Å². The fraction of sp³-hybridized carbons (Fsp3) is 0.0909. The molecule has 5 rings (SSSR count). The molecule has 0 saturated carbocycles. The van der Waals surface area contributed by atoms with Crippen LogP contribution >= 0.6 is 38.6 Å². The molecule has 0 unspecified atom stereocenters. The highest BCUT2D eigenvalue weighted by Gasteiger charge is 2.15. The van der Waals surface area contributed by atoms with Crippen molar-refractivity contribution in [3.63, 3.8) is 0 Å². The van der Waals surface area contributed by atoms with Crippen LogP contribution in [0.15, 0.2) is 63.4 Å². The number of carbonyl (C=O) groups excluding carboxylic acids is 1.